The summed E-state index contributed by atoms with van der Waals surface area (Å²) >= 11 is 0. The molecule has 1 aliphatic rings. The van der Waals surface area contributed by atoms with Crippen molar-refractivity contribution in [3.8, 4) is 5.88 Å². The number of halogens is 2. The van der Waals surface area contributed by atoms with Crippen molar-refractivity contribution in [3.63, 3.8) is 0 Å². The van der Waals surface area contributed by atoms with Crippen LogP contribution >= 0.6 is 0 Å². The summed E-state index contributed by atoms with van der Waals surface area (Å²) in [5.41, 5.74) is -0.353. The molecule has 2 heterocycles. The molecule has 1 aromatic rings. The second-order valence-corrected chi connectivity index (χ2v) is 6.23. The van der Waals surface area contributed by atoms with E-state index < -0.39 is 29.7 Å². The highest BCUT2D eigenvalue weighted by Crippen LogP contribution is 2.38. The molecule has 0 aromatic carbocycles. The van der Waals surface area contributed by atoms with Crippen molar-refractivity contribution in [2.24, 2.45) is 0 Å². The van der Waals surface area contributed by atoms with E-state index in [1.807, 2.05) is 0 Å². The molecule has 1 aromatic heterocycles. The Balaban J connectivity index is 2.32. The van der Waals surface area contributed by atoms with Crippen molar-refractivity contribution >= 4 is 6.09 Å². The highest BCUT2D eigenvalue weighted by molar-refractivity contribution is 5.69. The molecule has 0 N–H and O–H groups in total. The van der Waals surface area contributed by atoms with E-state index in [9.17, 15) is 13.6 Å². The average molecular weight is 314 g/mol. The molecule has 5 nitrogen and oxygen atoms in total. The number of hydrogen-bond donors (Lipinski definition) is 0. The van der Waals surface area contributed by atoms with Gasteiger partial charge in [0.2, 0.25) is 5.88 Å². The summed E-state index contributed by atoms with van der Waals surface area (Å²) < 4.78 is 37.7. The number of carbonyl (C=O) groups is 1. The van der Waals surface area contributed by atoms with Gasteiger partial charge in [0.25, 0.3) is 0 Å². The van der Waals surface area contributed by atoms with Gasteiger partial charge in [-0.2, -0.15) is 0 Å². The van der Waals surface area contributed by atoms with Crippen molar-refractivity contribution in [1.82, 2.24) is 9.88 Å². The highest BCUT2D eigenvalue weighted by Gasteiger charge is 2.40. The minimum absolute atomic E-state index is 0.0563. The van der Waals surface area contributed by atoms with Crippen molar-refractivity contribution in [2.45, 2.75) is 45.0 Å². The topological polar surface area (TPSA) is 51.7 Å². The molecule has 0 radical (unpaired) electrons. The van der Waals surface area contributed by atoms with Crippen LogP contribution in [0.1, 0.15) is 38.8 Å². The number of hydrogen-bond acceptors (Lipinski definition) is 4. The van der Waals surface area contributed by atoms with E-state index in [-0.39, 0.29) is 18.8 Å². The molecule has 0 unspecified atom stereocenters. The van der Waals surface area contributed by atoms with Crippen LogP contribution in [-0.4, -0.2) is 41.4 Å². The van der Waals surface area contributed by atoms with Crippen LogP contribution in [0.5, 0.6) is 5.88 Å². The van der Waals surface area contributed by atoms with Gasteiger partial charge in [0.1, 0.15) is 17.6 Å². The number of amides is 1. The first kappa shape index (κ1) is 16.5. The number of ether oxygens (including phenoxy) is 2. The molecule has 2 atom stereocenters. The van der Waals surface area contributed by atoms with Crippen molar-refractivity contribution in [2.75, 3.05) is 13.7 Å². The quantitative estimate of drug-likeness (QED) is 0.841. The van der Waals surface area contributed by atoms with E-state index in [0.29, 0.717) is 5.56 Å². The van der Waals surface area contributed by atoms with Crippen LogP contribution in [0.3, 0.4) is 0 Å². The molecule has 122 valence electrons. The molecule has 1 amide bonds. The smallest absolute Gasteiger partial charge is 0.410 e. The Bertz CT molecular complexity index is 560. The molecule has 22 heavy (non-hydrogen) atoms. The summed E-state index contributed by atoms with van der Waals surface area (Å²) in [5.74, 6) is -0.392. The van der Waals surface area contributed by atoms with Crippen LogP contribution in [0, 0.1) is 5.82 Å². The standard InChI is InChI=1S/C15H20F2N2O3/c1-15(2,3)22-14(20)19-8-10(17)6-12(19)11-5-9(16)7-18-13(11)21-4/h5,7,10,12H,6,8H2,1-4H3/t10-,12-/m1/s1. The van der Waals surface area contributed by atoms with E-state index in [1.165, 1.54) is 18.1 Å². The van der Waals surface area contributed by atoms with E-state index in [4.69, 9.17) is 9.47 Å². The summed E-state index contributed by atoms with van der Waals surface area (Å²) in [5, 5.41) is 0. The van der Waals surface area contributed by atoms with Gasteiger partial charge in [-0.05, 0) is 26.8 Å². The van der Waals surface area contributed by atoms with Crippen LogP contribution in [0.4, 0.5) is 13.6 Å². The van der Waals surface area contributed by atoms with Gasteiger partial charge < -0.3 is 9.47 Å². The lowest BCUT2D eigenvalue weighted by atomic mass is 10.1. The molecule has 0 aliphatic carbocycles. The molecule has 1 fully saturated rings. The molecule has 0 bridgehead atoms. The van der Waals surface area contributed by atoms with Crippen LogP contribution in [-0.2, 0) is 4.74 Å². The van der Waals surface area contributed by atoms with Crippen molar-refractivity contribution in [1.29, 1.82) is 0 Å². The Morgan fingerprint density at radius 2 is 2.14 bits per heavy atom. The zero-order chi connectivity index (χ0) is 16.5. The van der Waals surface area contributed by atoms with Gasteiger partial charge in [0.15, 0.2) is 0 Å². The first-order valence-electron chi connectivity index (χ1n) is 7.04. The minimum atomic E-state index is -1.20. The third-order valence-electron chi connectivity index (χ3n) is 3.28. The highest BCUT2D eigenvalue weighted by atomic mass is 19.1. The fourth-order valence-corrected chi connectivity index (χ4v) is 2.45. The first-order chi connectivity index (χ1) is 10.2. The Morgan fingerprint density at radius 3 is 2.73 bits per heavy atom. The normalized spacial score (nSPS) is 21.8. The number of rotatable bonds is 2. The number of pyridine rings is 1. The lowest BCUT2D eigenvalue weighted by Crippen LogP contribution is -2.37. The first-order valence-corrected chi connectivity index (χ1v) is 7.04. The molecular formula is C15H20F2N2O3. The van der Waals surface area contributed by atoms with Crippen LogP contribution < -0.4 is 4.74 Å². The lowest BCUT2D eigenvalue weighted by Gasteiger charge is -2.28. The van der Waals surface area contributed by atoms with Gasteiger partial charge in [-0.3, -0.25) is 4.90 Å². The number of nitrogens with zero attached hydrogens (tertiary/aromatic N) is 2. The molecule has 2 rings (SSSR count). The fraction of sp³-hybridized carbons (Fsp3) is 0.600. The van der Waals surface area contributed by atoms with E-state index >= 15 is 0 Å². The summed E-state index contributed by atoms with van der Waals surface area (Å²) in [6, 6.07) is 0.550. The predicted octanol–water partition coefficient (Wildman–Crippen LogP) is 3.25. The Kier molecular flexibility index (Phi) is 4.53. The van der Waals surface area contributed by atoms with Gasteiger partial charge in [0, 0.05) is 12.0 Å². The zero-order valence-electron chi connectivity index (χ0n) is 13.1. The molecule has 7 heteroatoms. The molecular weight excluding hydrogens is 294 g/mol. The minimum Gasteiger partial charge on any atom is -0.481 e. The van der Waals surface area contributed by atoms with Crippen molar-refractivity contribution < 1.29 is 23.0 Å². The Morgan fingerprint density at radius 1 is 1.45 bits per heavy atom. The predicted molar refractivity (Wildman–Crippen MR) is 75.9 cm³/mol. The number of aromatic nitrogens is 1. The van der Waals surface area contributed by atoms with Gasteiger partial charge >= 0.3 is 6.09 Å². The second-order valence-electron chi connectivity index (χ2n) is 6.23. The SMILES string of the molecule is COc1ncc(F)cc1[C@H]1C[C@@H](F)CN1C(=O)OC(C)(C)C. The zero-order valence-corrected chi connectivity index (χ0v) is 13.1. The third kappa shape index (κ3) is 3.64. The largest absolute Gasteiger partial charge is 0.481 e. The maximum absolute atomic E-state index is 13.8. The molecule has 1 aliphatic heterocycles. The molecule has 0 spiro atoms. The van der Waals surface area contributed by atoms with Crippen LogP contribution in [0.15, 0.2) is 12.3 Å². The average Bonchev–Trinajstić information content (AvgIpc) is 2.79. The number of methoxy groups -OCH3 is 1. The summed E-state index contributed by atoms with van der Waals surface area (Å²) in [6.07, 6.45) is -0.766. The van der Waals surface area contributed by atoms with E-state index in [0.717, 1.165) is 6.20 Å². The van der Waals surface area contributed by atoms with E-state index in [2.05, 4.69) is 4.98 Å². The Labute approximate surface area is 128 Å². The number of alkyl halides is 1. The van der Waals surface area contributed by atoms with Crippen LogP contribution in [0.25, 0.3) is 0 Å². The maximum atomic E-state index is 13.8. The fourth-order valence-electron chi connectivity index (χ4n) is 2.45. The van der Waals surface area contributed by atoms with Gasteiger partial charge in [0.05, 0.1) is 25.9 Å². The maximum Gasteiger partial charge on any atom is 0.410 e. The summed E-state index contributed by atoms with van der Waals surface area (Å²) in [6.45, 7) is 5.09. The monoisotopic (exact) mass is 314 g/mol. The van der Waals surface area contributed by atoms with Crippen molar-refractivity contribution in [3.05, 3.63) is 23.6 Å². The van der Waals surface area contributed by atoms with Gasteiger partial charge in [-0.25, -0.2) is 18.6 Å². The second kappa shape index (κ2) is 6.06. The number of likely N-dealkylation sites (tertiary alicyclic amines) is 1. The van der Waals surface area contributed by atoms with Gasteiger partial charge in [-0.1, -0.05) is 0 Å². The van der Waals surface area contributed by atoms with E-state index in [1.54, 1.807) is 20.8 Å². The Hall–Kier alpha value is -1.92. The van der Waals surface area contributed by atoms with Crippen LogP contribution in [0.2, 0.25) is 0 Å². The number of carbonyl (C=O) groups excluding carboxylic acids is 1. The third-order valence-corrected chi connectivity index (χ3v) is 3.28. The molecule has 1 saturated heterocycles. The summed E-state index contributed by atoms with van der Waals surface area (Å²) in [7, 11) is 1.39. The van der Waals surface area contributed by atoms with Gasteiger partial charge in [-0.15, -0.1) is 0 Å². The molecule has 0 saturated carbocycles. The lowest BCUT2D eigenvalue weighted by molar-refractivity contribution is 0.0214. The summed E-state index contributed by atoms with van der Waals surface area (Å²) in [4.78, 5) is 17.4.